The molecule has 1 aromatic heterocycles. The highest BCUT2D eigenvalue weighted by Crippen LogP contribution is 2.19. The lowest BCUT2D eigenvalue weighted by Gasteiger charge is -2.35. The van der Waals surface area contributed by atoms with E-state index in [1.165, 1.54) is 0 Å². The highest BCUT2D eigenvalue weighted by Gasteiger charge is 2.21. The van der Waals surface area contributed by atoms with Crippen molar-refractivity contribution in [2.75, 3.05) is 31.2 Å². The van der Waals surface area contributed by atoms with Crippen molar-refractivity contribution in [1.82, 2.24) is 9.97 Å². The molecule has 5 nitrogen and oxygen atoms in total. The molecule has 2 N–H and O–H groups in total. The lowest BCUT2D eigenvalue weighted by Crippen LogP contribution is -2.43. The number of nitrogens with two attached hydrogens (primary N) is 1. The average molecular weight is 222 g/mol. The first-order chi connectivity index (χ1) is 7.92. The Morgan fingerprint density at radius 1 is 1.44 bits per heavy atom. The van der Waals surface area contributed by atoms with Gasteiger partial charge >= 0.3 is 0 Å². The summed E-state index contributed by atoms with van der Waals surface area (Å²) in [5, 5.41) is 0. The Morgan fingerprint density at radius 3 is 2.88 bits per heavy atom. The van der Waals surface area contributed by atoms with Crippen molar-refractivity contribution < 1.29 is 4.74 Å². The summed E-state index contributed by atoms with van der Waals surface area (Å²) in [5.41, 5.74) is 6.68. The molecule has 2 rings (SSSR count). The third kappa shape index (κ3) is 2.68. The fraction of sp³-hybridized carbons (Fsp3) is 0.636. The van der Waals surface area contributed by atoms with E-state index in [2.05, 4.69) is 14.9 Å². The number of hydrogen-bond acceptors (Lipinski definition) is 5. The Hall–Kier alpha value is -1.20. The second-order valence-electron chi connectivity index (χ2n) is 3.95. The Bertz CT molecular complexity index is 300. The summed E-state index contributed by atoms with van der Waals surface area (Å²) in [6.07, 6.45) is 7.46. The molecule has 0 aliphatic carbocycles. The highest BCUT2D eigenvalue weighted by molar-refractivity contribution is 5.43. The van der Waals surface area contributed by atoms with E-state index in [0.717, 1.165) is 38.3 Å². The van der Waals surface area contributed by atoms with Crippen LogP contribution in [-0.4, -0.2) is 42.3 Å². The van der Waals surface area contributed by atoms with Crippen LogP contribution in [-0.2, 0) is 4.74 Å². The lowest BCUT2D eigenvalue weighted by molar-refractivity contribution is 0.0793. The van der Waals surface area contributed by atoms with E-state index in [9.17, 15) is 0 Å². The van der Waals surface area contributed by atoms with E-state index in [0.29, 0.717) is 12.6 Å². The first-order valence-corrected chi connectivity index (χ1v) is 5.71. The van der Waals surface area contributed by atoms with Crippen molar-refractivity contribution in [2.24, 2.45) is 5.73 Å². The lowest BCUT2D eigenvalue weighted by atomic mass is 10.1. The van der Waals surface area contributed by atoms with Gasteiger partial charge in [0.05, 0.1) is 30.7 Å². The van der Waals surface area contributed by atoms with Gasteiger partial charge in [0.25, 0.3) is 0 Å². The summed E-state index contributed by atoms with van der Waals surface area (Å²) < 4.78 is 5.51. The minimum absolute atomic E-state index is 0.406. The van der Waals surface area contributed by atoms with Gasteiger partial charge in [-0.05, 0) is 12.8 Å². The quantitative estimate of drug-likeness (QED) is 0.800. The average Bonchev–Trinajstić information content (AvgIpc) is 2.38. The van der Waals surface area contributed by atoms with Crippen LogP contribution in [0.15, 0.2) is 18.7 Å². The predicted octanol–water partition coefficient (Wildman–Crippen LogP) is 0.421. The summed E-state index contributed by atoms with van der Waals surface area (Å²) in [4.78, 5) is 10.3. The van der Waals surface area contributed by atoms with Crippen LogP contribution >= 0.6 is 0 Å². The molecule has 0 saturated carbocycles. The summed E-state index contributed by atoms with van der Waals surface area (Å²) in [7, 11) is 0. The first kappa shape index (κ1) is 11.3. The van der Waals surface area contributed by atoms with Gasteiger partial charge in [-0.2, -0.15) is 0 Å². The summed E-state index contributed by atoms with van der Waals surface area (Å²) in [6, 6.07) is 0.406. The van der Waals surface area contributed by atoms with Crippen LogP contribution in [0.5, 0.6) is 0 Å². The zero-order valence-electron chi connectivity index (χ0n) is 9.38. The summed E-state index contributed by atoms with van der Waals surface area (Å²) in [5.74, 6) is 0. The first-order valence-electron chi connectivity index (χ1n) is 5.71. The Morgan fingerprint density at radius 2 is 2.25 bits per heavy atom. The molecule has 1 atom stereocenters. The summed E-state index contributed by atoms with van der Waals surface area (Å²) >= 11 is 0. The van der Waals surface area contributed by atoms with E-state index in [1.807, 2.05) is 12.4 Å². The molecule has 2 heterocycles. The molecule has 1 aliphatic rings. The van der Waals surface area contributed by atoms with Crippen molar-refractivity contribution in [3.63, 3.8) is 0 Å². The topological polar surface area (TPSA) is 64.3 Å². The number of nitrogens with zero attached hydrogens (tertiary/aromatic N) is 3. The van der Waals surface area contributed by atoms with E-state index in [1.54, 1.807) is 6.33 Å². The van der Waals surface area contributed by atoms with Gasteiger partial charge in [-0.3, -0.25) is 0 Å². The molecule has 0 bridgehead atoms. The van der Waals surface area contributed by atoms with Gasteiger partial charge in [0.1, 0.15) is 6.33 Å². The zero-order valence-corrected chi connectivity index (χ0v) is 9.38. The standard InChI is InChI=1S/C11H18N4O/c12-3-4-15(10-2-1-5-16-8-10)11-6-13-9-14-7-11/h6-7,9-10H,1-5,8,12H2. The van der Waals surface area contributed by atoms with Crippen LogP contribution in [0.1, 0.15) is 12.8 Å². The van der Waals surface area contributed by atoms with Crippen molar-refractivity contribution in [2.45, 2.75) is 18.9 Å². The number of aromatic nitrogens is 2. The zero-order chi connectivity index (χ0) is 11.2. The summed E-state index contributed by atoms with van der Waals surface area (Å²) in [6.45, 7) is 3.10. The van der Waals surface area contributed by atoms with Crippen LogP contribution < -0.4 is 10.6 Å². The van der Waals surface area contributed by atoms with Gasteiger partial charge in [0, 0.05) is 19.7 Å². The smallest absolute Gasteiger partial charge is 0.115 e. The largest absolute Gasteiger partial charge is 0.379 e. The SMILES string of the molecule is NCCN(c1cncnc1)C1CCCOC1. The Kier molecular flexibility index (Phi) is 4.07. The van der Waals surface area contributed by atoms with Gasteiger partial charge in [-0.15, -0.1) is 0 Å². The van der Waals surface area contributed by atoms with Crippen LogP contribution in [0, 0.1) is 0 Å². The van der Waals surface area contributed by atoms with Gasteiger partial charge in [-0.25, -0.2) is 9.97 Å². The molecular weight excluding hydrogens is 204 g/mol. The molecule has 1 aliphatic heterocycles. The molecule has 0 spiro atoms. The second-order valence-corrected chi connectivity index (χ2v) is 3.95. The molecule has 0 radical (unpaired) electrons. The van der Waals surface area contributed by atoms with E-state index < -0.39 is 0 Å². The maximum absolute atomic E-state index is 5.65. The fourth-order valence-corrected chi connectivity index (χ4v) is 2.07. The molecule has 5 heteroatoms. The molecule has 1 saturated heterocycles. The van der Waals surface area contributed by atoms with Gasteiger partial charge < -0.3 is 15.4 Å². The third-order valence-corrected chi connectivity index (χ3v) is 2.83. The molecule has 1 unspecified atom stereocenters. The Labute approximate surface area is 95.6 Å². The minimum Gasteiger partial charge on any atom is -0.379 e. The normalized spacial score (nSPS) is 20.7. The monoisotopic (exact) mass is 222 g/mol. The van der Waals surface area contributed by atoms with Gasteiger partial charge in [0.15, 0.2) is 0 Å². The van der Waals surface area contributed by atoms with Crippen molar-refractivity contribution in [3.05, 3.63) is 18.7 Å². The second kappa shape index (κ2) is 5.77. The Balaban J connectivity index is 2.09. The van der Waals surface area contributed by atoms with Crippen molar-refractivity contribution in [3.8, 4) is 0 Å². The minimum atomic E-state index is 0.406. The number of ether oxygens (including phenoxy) is 1. The fourth-order valence-electron chi connectivity index (χ4n) is 2.07. The number of rotatable bonds is 4. The molecular formula is C11H18N4O. The van der Waals surface area contributed by atoms with E-state index in [4.69, 9.17) is 10.5 Å². The molecule has 0 aromatic carbocycles. The number of anilines is 1. The van der Waals surface area contributed by atoms with E-state index >= 15 is 0 Å². The third-order valence-electron chi connectivity index (χ3n) is 2.83. The van der Waals surface area contributed by atoms with E-state index in [-0.39, 0.29) is 0 Å². The molecule has 1 fully saturated rings. The highest BCUT2D eigenvalue weighted by atomic mass is 16.5. The molecule has 0 amide bonds. The van der Waals surface area contributed by atoms with Gasteiger partial charge in [0.2, 0.25) is 0 Å². The maximum atomic E-state index is 5.65. The van der Waals surface area contributed by atoms with Crippen LogP contribution in [0.3, 0.4) is 0 Å². The van der Waals surface area contributed by atoms with Crippen molar-refractivity contribution >= 4 is 5.69 Å². The van der Waals surface area contributed by atoms with Crippen LogP contribution in [0.25, 0.3) is 0 Å². The molecule has 16 heavy (non-hydrogen) atoms. The van der Waals surface area contributed by atoms with Crippen LogP contribution in [0.2, 0.25) is 0 Å². The molecule has 88 valence electrons. The molecule has 1 aromatic rings. The van der Waals surface area contributed by atoms with Crippen LogP contribution in [0.4, 0.5) is 5.69 Å². The predicted molar refractivity (Wildman–Crippen MR) is 62.3 cm³/mol. The number of hydrogen-bond donors (Lipinski definition) is 1. The van der Waals surface area contributed by atoms with Gasteiger partial charge in [-0.1, -0.05) is 0 Å². The maximum Gasteiger partial charge on any atom is 0.115 e. The van der Waals surface area contributed by atoms with Crippen molar-refractivity contribution in [1.29, 1.82) is 0 Å².